The van der Waals surface area contributed by atoms with Gasteiger partial charge in [0.1, 0.15) is 11.6 Å². The number of hydrogen-bond acceptors (Lipinski definition) is 9. The van der Waals surface area contributed by atoms with Crippen LogP contribution in [0.3, 0.4) is 0 Å². The van der Waals surface area contributed by atoms with E-state index in [1.807, 2.05) is 54.6 Å². The Morgan fingerprint density at radius 1 is 1.14 bits per heavy atom. The number of thiazole rings is 1. The molecular weight excluding hydrogens is 376 g/mol. The van der Waals surface area contributed by atoms with E-state index >= 15 is 0 Å². The van der Waals surface area contributed by atoms with Gasteiger partial charge in [-0.1, -0.05) is 41.6 Å². The average Bonchev–Trinajstić information content (AvgIpc) is 3.37. The van der Waals surface area contributed by atoms with Crippen molar-refractivity contribution >= 4 is 28.5 Å². The Kier molecular flexibility index (Phi) is 5.25. The summed E-state index contributed by atoms with van der Waals surface area (Å²) in [7, 11) is 0. The fraction of sp³-hybridized carbons (Fsp3) is 0.0526. The monoisotopic (exact) mass is 392 g/mol. The van der Waals surface area contributed by atoms with Crippen molar-refractivity contribution in [2.45, 2.75) is 6.61 Å². The molecule has 0 atom stereocenters. The summed E-state index contributed by atoms with van der Waals surface area (Å²) in [6.45, 7) is 0.207. The predicted molar refractivity (Wildman–Crippen MR) is 108 cm³/mol. The average molecular weight is 392 g/mol. The van der Waals surface area contributed by atoms with E-state index in [9.17, 15) is 0 Å². The van der Waals surface area contributed by atoms with Gasteiger partial charge in [0.05, 0.1) is 6.21 Å². The Morgan fingerprint density at radius 2 is 2.04 bits per heavy atom. The minimum Gasteiger partial charge on any atom is -0.484 e. The summed E-state index contributed by atoms with van der Waals surface area (Å²) < 4.78 is 10.9. The Balaban J connectivity index is 1.40. The van der Waals surface area contributed by atoms with E-state index in [0.717, 1.165) is 16.9 Å². The van der Waals surface area contributed by atoms with Gasteiger partial charge in [0, 0.05) is 10.9 Å². The second kappa shape index (κ2) is 8.31. The molecule has 0 aliphatic rings. The lowest BCUT2D eigenvalue weighted by molar-refractivity contribution is 0.243. The van der Waals surface area contributed by atoms with Crippen molar-refractivity contribution in [1.29, 1.82) is 0 Å². The van der Waals surface area contributed by atoms with E-state index in [1.54, 1.807) is 11.6 Å². The third-order valence-electron chi connectivity index (χ3n) is 3.61. The lowest BCUT2D eigenvalue weighted by atomic mass is 10.1. The highest BCUT2D eigenvalue weighted by molar-refractivity contribution is 7.14. The van der Waals surface area contributed by atoms with E-state index in [2.05, 4.69) is 25.7 Å². The summed E-state index contributed by atoms with van der Waals surface area (Å²) in [5, 5.41) is 10.6. The number of ether oxygens (including phenoxy) is 1. The molecule has 0 fully saturated rings. The molecule has 0 aliphatic carbocycles. The molecule has 0 aliphatic heterocycles. The van der Waals surface area contributed by atoms with Gasteiger partial charge in [-0.15, -0.1) is 11.3 Å². The molecule has 9 heteroatoms. The van der Waals surface area contributed by atoms with Crippen LogP contribution in [0.2, 0.25) is 0 Å². The van der Waals surface area contributed by atoms with Crippen LogP contribution in [0.5, 0.6) is 5.75 Å². The normalized spacial score (nSPS) is 11.0. The van der Waals surface area contributed by atoms with Crippen LogP contribution in [0, 0.1) is 0 Å². The van der Waals surface area contributed by atoms with Gasteiger partial charge in [0.2, 0.25) is 11.0 Å². The van der Waals surface area contributed by atoms with Crippen LogP contribution in [0.15, 0.2) is 69.6 Å². The fourth-order valence-electron chi connectivity index (χ4n) is 2.35. The quantitative estimate of drug-likeness (QED) is 0.363. The SMILES string of the molecule is Nc1csc(NN=Cc2cccc(-c3noc(COc4ccccc4)n3)c2)n1. The zero-order chi connectivity index (χ0) is 19.2. The molecule has 0 saturated heterocycles. The maximum atomic E-state index is 5.62. The highest BCUT2D eigenvalue weighted by Crippen LogP contribution is 2.19. The van der Waals surface area contributed by atoms with Crippen molar-refractivity contribution in [1.82, 2.24) is 15.1 Å². The lowest BCUT2D eigenvalue weighted by Gasteiger charge is -2.01. The summed E-state index contributed by atoms with van der Waals surface area (Å²) in [6, 6.07) is 17.1. The molecular formula is C19H16N6O2S. The zero-order valence-corrected chi connectivity index (χ0v) is 15.5. The first-order chi connectivity index (χ1) is 13.8. The third-order valence-corrected chi connectivity index (χ3v) is 4.38. The number of rotatable bonds is 7. The Bertz CT molecular complexity index is 1080. The van der Waals surface area contributed by atoms with E-state index in [-0.39, 0.29) is 6.61 Å². The van der Waals surface area contributed by atoms with Gasteiger partial charge in [0.15, 0.2) is 6.61 Å². The smallest absolute Gasteiger partial charge is 0.264 e. The summed E-state index contributed by atoms with van der Waals surface area (Å²) in [4.78, 5) is 8.46. The Hall–Kier alpha value is -3.72. The molecule has 140 valence electrons. The Labute approximate surface area is 164 Å². The van der Waals surface area contributed by atoms with Crippen molar-refractivity contribution in [2.75, 3.05) is 11.2 Å². The lowest BCUT2D eigenvalue weighted by Crippen LogP contribution is -1.95. The van der Waals surface area contributed by atoms with Crippen molar-refractivity contribution < 1.29 is 9.26 Å². The van der Waals surface area contributed by atoms with Crippen molar-refractivity contribution in [2.24, 2.45) is 5.10 Å². The topological polar surface area (TPSA) is 111 Å². The molecule has 3 N–H and O–H groups in total. The van der Waals surface area contributed by atoms with Crippen LogP contribution in [-0.4, -0.2) is 21.3 Å². The van der Waals surface area contributed by atoms with Crippen molar-refractivity contribution in [3.05, 3.63) is 71.4 Å². The van der Waals surface area contributed by atoms with Gasteiger partial charge in [-0.3, -0.25) is 5.43 Å². The molecule has 2 heterocycles. The minimum atomic E-state index is 0.207. The molecule has 4 aromatic rings. The van der Waals surface area contributed by atoms with Gasteiger partial charge in [-0.25, -0.2) is 4.98 Å². The van der Waals surface area contributed by atoms with E-state index in [4.69, 9.17) is 15.0 Å². The summed E-state index contributed by atoms with van der Waals surface area (Å²) in [5.74, 6) is 2.10. The van der Waals surface area contributed by atoms with Gasteiger partial charge < -0.3 is 15.0 Å². The molecule has 0 radical (unpaired) electrons. The molecule has 4 rings (SSSR count). The second-order valence-corrected chi connectivity index (χ2v) is 6.54. The largest absolute Gasteiger partial charge is 0.484 e. The van der Waals surface area contributed by atoms with Crippen LogP contribution in [-0.2, 0) is 6.61 Å². The standard InChI is InChI=1S/C19H16N6O2S/c20-16-12-28-19(22-16)24-21-10-13-5-4-6-14(9-13)18-23-17(27-25-18)11-26-15-7-2-1-3-8-15/h1-10,12H,11,20H2,(H,22,24). The number of benzene rings is 2. The van der Waals surface area contributed by atoms with Crippen molar-refractivity contribution in [3.63, 3.8) is 0 Å². The second-order valence-electron chi connectivity index (χ2n) is 5.69. The summed E-state index contributed by atoms with van der Waals surface area (Å²) in [6.07, 6.45) is 1.68. The number of nitrogens with zero attached hydrogens (tertiary/aromatic N) is 4. The number of aromatic nitrogens is 3. The van der Waals surface area contributed by atoms with Crippen molar-refractivity contribution in [3.8, 4) is 17.1 Å². The number of hydrazone groups is 1. The van der Waals surface area contributed by atoms with Crippen LogP contribution >= 0.6 is 11.3 Å². The maximum Gasteiger partial charge on any atom is 0.264 e. The number of para-hydroxylation sites is 1. The van der Waals surface area contributed by atoms with Gasteiger partial charge in [0.25, 0.3) is 5.89 Å². The number of nitrogens with two attached hydrogens (primary N) is 1. The number of hydrogen-bond donors (Lipinski definition) is 2. The van der Waals surface area contributed by atoms with Crippen LogP contribution in [0.1, 0.15) is 11.5 Å². The molecule has 8 nitrogen and oxygen atoms in total. The maximum absolute atomic E-state index is 5.62. The fourth-order valence-corrected chi connectivity index (χ4v) is 2.90. The molecule has 0 spiro atoms. The summed E-state index contributed by atoms with van der Waals surface area (Å²) >= 11 is 1.39. The van der Waals surface area contributed by atoms with Crippen LogP contribution < -0.4 is 15.9 Å². The van der Waals surface area contributed by atoms with Crippen LogP contribution in [0.4, 0.5) is 10.9 Å². The highest BCUT2D eigenvalue weighted by atomic mass is 32.1. The molecule has 2 aromatic carbocycles. The third kappa shape index (κ3) is 4.51. The van der Waals surface area contributed by atoms with Gasteiger partial charge >= 0.3 is 0 Å². The minimum absolute atomic E-state index is 0.207. The molecule has 0 unspecified atom stereocenters. The first-order valence-electron chi connectivity index (χ1n) is 8.37. The Morgan fingerprint density at radius 3 is 2.86 bits per heavy atom. The molecule has 0 bridgehead atoms. The van der Waals surface area contributed by atoms with Gasteiger partial charge in [-0.05, 0) is 23.8 Å². The first-order valence-corrected chi connectivity index (χ1v) is 9.25. The molecule has 2 aromatic heterocycles. The van der Waals surface area contributed by atoms with Gasteiger partial charge in [-0.2, -0.15) is 10.1 Å². The zero-order valence-electron chi connectivity index (χ0n) is 14.6. The molecule has 0 amide bonds. The molecule has 28 heavy (non-hydrogen) atoms. The predicted octanol–water partition coefficient (Wildman–Crippen LogP) is 3.80. The van der Waals surface area contributed by atoms with Crippen LogP contribution in [0.25, 0.3) is 11.4 Å². The number of nitrogens with one attached hydrogen (secondary N) is 1. The van der Waals surface area contributed by atoms with E-state index in [0.29, 0.717) is 22.7 Å². The highest BCUT2D eigenvalue weighted by Gasteiger charge is 2.09. The number of nitrogen functional groups attached to an aromatic ring is 1. The summed E-state index contributed by atoms with van der Waals surface area (Å²) in [5.41, 5.74) is 10.1. The molecule has 0 saturated carbocycles. The van der Waals surface area contributed by atoms with E-state index in [1.165, 1.54) is 11.3 Å². The number of anilines is 2. The van der Waals surface area contributed by atoms with E-state index < -0.39 is 0 Å². The first kappa shape index (κ1) is 17.7.